The maximum Gasteiger partial charge on any atom is 0.0562 e. The Morgan fingerprint density at radius 2 is 2.12 bits per heavy atom. The number of pyridine rings is 1. The zero-order valence-corrected chi connectivity index (χ0v) is 10.1. The van der Waals surface area contributed by atoms with Crippen LogP contribution < -0.4 is 5.73 Å². The minimum absolute atomic E-state index is 0.687. The molecule has 0 bridgehead atoms. The molecule has 1 aromatic heterocycles. The molecule has 2 N–H and O–H groups in total. The molecule has 16 heavy (non-hydrogen) atoms. The molecule has 0 atom stereocenters. The van der Waals surface area contributed by atoms with Crippen LogP contribution in [-0.2, 0) is 5.75 Å². The standard InChI is InChI=1S/C12H11ClN2S/c13-11-7-9(14)4-5-12(11)16-8-10-3-1-2-6-15-10/h1-7H,8,14H2. The van der Waals surface area contributed by atoms with Crippen molar-refractivity contribution in [1.82, 2.24) is 4.98 Å². The second-order valence-corrected chi connectivity index (χ2v) is 4.72. The lowest BCUT2D eigenvalue weighted by Crippen LogP contribution is -1.87. The molecular weight excluding hydrogens is 240 g/mol. The fourth-order valence-electron chi connectivity index (χ4n) is 1.27. The third-order valence-electron chi connectivity index (χ3n) is 2.06. The van der Waals surface area contributed by atoms with Crippen molar-refractivity contribution >= 4 is 29.1 Å². The summed E-state index contributed by atoms with van der Waals surface area (Å²) in [4.78, 5) is 5.28. The lowest BCUT2D eigenvalue weighted by Gasteiger charge is -2.04. The number of hydrogen-bond acceptors (Lipinski definition) is 3. The van der Waals surface area contributed by atoms with Gasteiger partial charge in [0.2, 0.25) is 0 Å². The Labute approximate surface area is 104 Å². The maximum absolute atomic E-state index is 6.07. The van der Waals surface area contributed by atoms with Crippen LogP contribution in [0.15, 0.2) is 47.5 Å². The van der Waals surface area contributed by atoms with E-state index in [1.807, 2.05) is 30.3 Å². The van der Waals surface area contributed by atoms with Crippen molar-refractivity contribution in [3.63, 3.8) is 0 Å². The van der Waals surface area contributed by atoms with Crippen LogP contribution in [0.1, 0.15) is 5.69 Å². The van der Waals surface area contributed by atoms with Crippen LogP contribution in [0.25, 0.3) is 0 Å². The van der Waals surface area contributed by atoms with Crippen LogP contribution >= 0.6 is 23.4 Å². The van der Waals surface area contributed by atoms with Crippen molar-refractivity contribution in [2.24, 2.45) is 0 Å². The molecule has 0 saturated carbocycles. The lowest BCUT2D eigenvalue weighted by molar-refractivity contribution is 1.17. The monoisotopic (exact) mass is 250 g/mol. The van der Waals surface area contributed by atoms with Gasteiger partial charge in [-0.15, -0.1) is 11.8 Å². The summed E-state index contributed by atoms with van der Waals surface area (Å²) in [5.74, 6) is 0.810. The van der Waals surface area contributed by atoms with E-state index in [4.69, 9.17) is 17.3 Å². The third-order valence-corrected chi connectivity index (χ3v) is 3.59. The van der Waals surface area contributed by atoms with Crippen LogP contribution in [0.5, 0.6) is 0 Å². The molecule has 2 aromatic rings. The molecule has 0 unspecified atom stereocenters. The predicted octanol–water partition coefficient (Wildman–Crippen LogP) is 3.61. The van der Waals surface area contributed by atoms with Gasteiger partial charge in [0.15, 0.2) is 0 Å². The van der Waals surface area contributed by atoms with Gasteiger partial charge in [-0.3, -0.25) is 4.98 Å². The van der Waals surface area contributed by atoms with E-state index < -0.39 is 0 Å². The highest BCUT2D eigenvalue weighted by molar-refractivity contribution is 7.98. The summed E-state index contributed by atoms with van der Waals surface area (Å²) in [6.45, 7) is 0. The van der Waals surface area contributed by atoms with Crippen LogP contribution in [0.4, 0.5) is 5.69 Å². The molecule has 1 heterocycles. The van der Waals surface area contributed by atoms with Gasteiger partial charge < -0.3 is 5.73 Å². The van der Waals surface area contributed by atoms with Crippen molar-refractivity contribution in [2.45, 2.75) is 10.6 Å². The number of benzene rings is 1. The van der Waals surface area contributed by atoms with E-state index in [0.717, 1.165) is 16.3 Å². The summed E-state index contributed by atoms with van der Waals surface area (Å²) < 4.78 is 0. The number of anilines is 1. The summed E-state index contributed by atoms with van der Waals surface area (Å²) in [5, 5.41) is 0.695. The summed E-state index contributed by atoms with van der Waals surface area (Å²) in [6.07, 6.45) is 1.79. The van der Waals surface area contributed by atoms with Crippen molar-refractivity contribution in [1.29, 1.82) is 0 Å². The fraction of sp³-hybridized carbons (Fsp3) is 0.0833. The molecule has 0 amide bonds. The van der Waals surface area contributed by atoms with Crippen LogP contribution in [0.3, 0.4) is 0 Å². The van der Waals surface area contributed by atoms with Crippen molar-refractivity contribution in [3.8, 4) is 0 Å². The van der Waals surface area contributed by atoms with E-state index in [0.29, 0.717) is 10.7 Å². The first-order chi connectivity index (χ1) is 7.75. The van der Waals surface area contributed by atoms with Gasteiger partial charge in [0, 0.05) is 22.5 Å². The summed E-state index contributed by atoms with van der Waals surface area (Å²) in [7, 11) is 0. The molecule has 0 saturated heterocycles. The highest BCUT2D eigenvalue weighted by Gasteiger charge is 2.02. The zero-order chi connectivity index (χ0) is 11.4. The summed E-state index contributed by atoms with van der Waals surface area (Å²) in [5.41, 5.74) is 7.36. The Kier molecular flexibility index (Phi) is 3.70. The quantitative estimate of drug-likeness (QED) is 0.668. The molecule has 82 valence electrons. The highest BCUT2D eigenvalue weighted by Crippen LogP contribution is 2.30. The minimum Gasteiger partial charge on any atom is -0.399 e. The number of hydrogen-bond donors (Lipinski definition) is 1. The Hall–Kier alpha value is -1.19. The Morgan fingerprint density at radius 3 is 2.81 bits per heavy atom. The Balaban J connectivity index is 2.05. The summed E-state index contributed by atoms with van der Waals surface area (Å²) in [6, 6.07) is 11.4. The first-order valence-electron chi connectivity index (χ1n) is 4.83. The number of rotatable bonds is 3. The molecule has 0 aliphatic heterocycles. The predicted molar refractivity (Wildman–Crippen MR) is 69.7 cm³/mol. The van der Waals surface area contributed by atoms with Gasteiger partial charge in [0.25, 0.3) is 0 Å². The van der Waals surface area contributed by atoms with Crippen LogP contribution in [0.2, 0.25) is 5.02 Å². The first-order valence-corrected chi connectivity index (χ1v) is 6.20. The molecule has 2 nitrogen and oxygen atoms in total. The molecule has 2 rings (SSSR count). The zero-order valence-electron chi connectivity index (χ0n) is 8.56. The van der Waals surface area contributed by atoms with Gasteiger partial charge in [-0.25, -0.2) is 0 Å². The molecule has 0 aliphatic rings. The van der Waals surface area contributed by atoms with Gasteiger partial charge in [-0.1, -0.05) is 17.7 Å². The molecule has 0 aliphatic carbocycles. The van der Waals surface area contributed by atoms with E-state index in [1.165, 1.54) is 0 Å². The van der Waals surface area contributed by atoms with Crippen LogP contribution in [-0.4, -0.2) is 4.98 Å². The van der Waals surface area contributed by atoms with Gasteiger partial charge in [0.1, 0.15) is 0 Å². The van der Waals surface area contributed by atoms with Crippen LogP contribution in [0, 0.1) is 0 Å². The number of nitrogens with two attached hydrogens (primary N) is 1. The minimum atomic E-state index is 0.687. The van der Waals surface area contributed by atoms with E-state index >= 15 is 0 Å². The Bertz CT molecular complexity index is 474. The Morgan fingerprint density at radius 1 is 1.25 bits per heavy atom. The highest BCUT2D eigenvalue weighted by atomic mass is 35.5. The fourth-order valence-corrected chi connectivity index (χ4v) is 2.46. The second-order valence-electron chi connectivity index (χ2n) is 3.30. The normalized spacial score (nSPS) is 10.3. The first kappa shape index (κ1) is 11.3. The van der Waals surface area contributed by atoms with Gasteiger partial charge in [0.05, 0.1) is 10.7 Å². The van der Waals surface area contributed by atoms with E-state index in [-0.39, 0.29) is 0 Å². The number of thioether (sulfide) groups is 1. The third kappa shape index (κ3) is 2.90. The number of nitrogens with zero attached hydrogens (tertiary/aromatic N) is 1. The van der Waals surface area contributed by atoms with Crippen molar-refractivity contribution in [3.05, 3.63) is 53.3 Å². The average Bonchev–Trinajstić information content (AvgIpc) is 2.29. The summed E-state index contributed by atoms with van der Waals surface area (Å²) >= 11 is 7.73. The topological polar surface area (TPSA) is 38.9 Å². The molecule has 0 fully saturated rings. The van der Waals surface area contributed by atoms with Gasteiger partial charge >= 0.3 is 0 Å². The largest absolute Gasteiger partial charge is 0.399 e. The van der Waals surface area contributed by atoms with Gasteiger partial charge in [-0.2, -0.15) is 0 Å². The van der Waals surface area contributed by atoms with Crippen molar-refractivity contribution in [2.75, 3.05) is 5.73 Å². The molecule has 0 radical (unpaired) electrons. The average molecular weight is 251 g/mol. The maximum atomic E-state index is 6.07. The molecular formula is C12H11ClN2S. The van der Waals surface area contributed by atoms with E-state index in [9.17, 15) is 0 Å². The van der Waals surface area contributed by atoms with E-state index in [2.05, 4.69) is 4.98 Å². The molecule has 1 aromatic carbocycles. The number of aromatic nitrogens is 1. The number of halogens is 1. The smallest absolute Gasteiger partial charge is 0.0562 e. The van der Waals surface area contributed by atoms with Crippen molar-refractivity contribution < 1.29 is 0 Å². The SMILES string of the molecule is Nc1ccc(SCc2ccccn2)c(Cl)c1. The second kappa shape index (κ2) is 5.23. The van der Waals surface area contributed by atoms with Gasteiger partial charge in [-0.05, 0) is 30.3 Å². The molecule has 0 spiro atoms. The lowest BCUT2D eigenvalue weighted by atomic mass is 10.3. The van der Waals surface area contributed by atoms with E-state index in [1.54, 1.807) is 24.0 Å². The molecule has 4 heteroatoms. The number of nitrogen functional groups attached to an aromatic ring is 1.